The average Bonchev–Trinajstić information content (AvgIpc) is 2.87. The van der Waals surface area contributed by atoms with Crippen molar-refractivity contribution in [2.45, 2.75) is 17.8 Å². The topological polar surface area (TPSA) is 17.8 Å². The van der Waals surface area contributed by atoms with Gasteiger partial charge in [-0.3, -0.25) is 0 Å². The van der Waals surface area contributed by atoms with E-state index in [4.69, 9.17) is 11.6 Å². The lowest BCUT2D eigenvalue weighted by atomic mass is 10.2. The van der Waals surface area contributed by atoms with Gasteiger partial charge in [0.2, 0.25) is 0 Å². The molecule has 0 unspecified atom stereocenters. The Morgan fingerprint density at radius 3 is 2.64 bits per heavy atom. The molecule has 2 aromatic carbocycles. The molecule has 0 spiro atoms. The van der Waals surface area contributed by atoms with Crippen molar-refractivity contribution < 1.29 is 0 Å². The lowest BCUT2D eigenvalue weighted by Crippen LogP contribution is -1.94. The Morgan fingerprint density at radius 2 is 1.91 bits per heavy atom. The lowest BCUT2D eigenvalue weighted by Gasteiger charge is -2.06. The number of thioether (sulfide) groups is 1. The summed E-state index contributed by atoms with van der Waals surface area (Å²) in [5, 5.41) is 1.77. The van der Waals surface area contributed by atoms with E-state index in [2.05, 4.69) is 47.8 Å². The van der Waals surface area contributed by atoms with Crippen LogP contribution in [0.25, 0.3) is 11.3 Å². The van der Waals surface area contributed by atoms with E-state index in [1.165, 1.54) is 11.1 Å². The first-order chi connectivity index (χ1) is 10.6. The minimum atomic E-state index is 0.750. The highest BCUT2D eigenvalue weighted by Crippen LogP contribution is 2.27. The molecular formula is C18H17ClN2S. The zero-order chi connectivity index (χ0) is 15.5. The van der Waals surface area contributed by atoms with Crippen LogP contribution in [-0.4, -0.2) is 9.55 Å². The summed E-state index contributed by atoms with van der Waals surface area (Å²) < 4.78 is 2.13. The van der Waals surface area contributed by atoms with E-state index < -0.39 is 0 Å². The smallest absolute Gasteiger partial charge is 0.168 e. The number of aromatic nitrogens is 2. The maximum atomic E-state index is 5.95. The third kappa shape index (κ3) is 3.37. The zero-order valence-corrected chi connectivity index (χ0v) is 14.2. The first kappa shape index (κ1) is 15.2. The molecule has 0 fully saturated rings. The molecule has 0 aliphatic rings. The van der Waals surface area contributed by atoms with Crippen LogP contribution >= 0.6 is 23.4 Å². The summed E-state index contributed by atoms with van der Waals surface area (Å²) >= 11 is 7.70. The van der Waals surface area contributed by atoms with Gasteiger partial charge in [0.05, 0.1) is 11.9 Å². The Hall–Kier alpha value is -1.71. The third-order valence-corrected chi connectivity index (χ3v) is 4.90. The summed E-state index contributed by atoms with van der Waals surface area (Å²) in [4.78, 5) is 4.54. The SMILES string of the molecule is Cc1cccc(CSc2ncc(-c3ccc(Cl)cc3)n2C)c1. The minimum Gasteiger partial charge on any atom is -0.322 e. The largest absolute Gasteiger partial charge is 0.322 e. The number of hydrogen-bond acceptors (Lipinski definition) is 2. The second kappa shape index (κ2) is 6.59. The second-order valence-corrected chi connectivity index (χ2v) is 6.65. The van der Waals surface area contributed by atoms with E-state index in [0.29, 0.717) is 0 Å². The van der Waals surface area contributed by atoms with E-state index >= 15 is 0 Å². The van der Waals surface area contributed by atoms with Crippen LogP contribution < -0.4 is 0 Å². The fourth-order valence-electron chi connectivity index (χ4n) is 2.37. The molecule has 0 saturated carbocycles. The quantitative estimate of drug-likeness (QED) is 0.601. The average molecular weight is 329 g/mol. The summed E-state index contributed by atoms with van der Waals surface area (Å²) in [6, 6.07) is 16.4. The van der Waals surface area contributed by atoms with Crippen LogP contribution in [0.4, 0.5) is 0 Å². The van der Waals surface area contributed by atoms with E-state index in [1.807, 2.05) is 30.5 Å². The maximum Gasteiger partial charge on any atom is 0.168 e. The third-order valence-electron chi connectivity index (χ3n) is 3.54. The molecular weight excluding hydrogens is 312 g/mol. The number of nitrogens with zero attached hydrogens (tertiary/aromatic N) is 2. The zero-order valence-electron chi connectivity index (χ0n) is 12.6. The van der Waals surface area contributed by atoms with Gasteiger partial charge < -0.3 is 4.57 Å². The van der Waals surface area contributed by atoms with Crippen LogP contribution in [0, 0.1) is 6.92 Å². The molecule has 2 nitrogen and oxygen atoms in total. The van der Waals surface area contributed by atoms with Crippen molar-refractivity contribution in [1.82, 2.24) is 9.55 Å². The van der Waals surface area contributed by atoms with E-state index in [-0.39, 0.29) is 0 Å². The van der Waals surface area contributed by atoms with Crippen molar-refractivity contribution in [3.05, 3.63) is 70.9 Å². The van der Waals surface area contributed by atoms with Crippen molar-refractivity contribution in [2.24, 2.45) is 7.05 Å². The van der Waals surface area contributed by atoms with Gasteiger partial charge in [-0.05, 0) is 30.2 Å². The van der Waals surface area contributed by atoms with Crippen molar-refractivity contribution in [3.63, 3.8) is 0 Å². The summed E-state index contributed by atoms with van der Waals surface area (Å²) in [7, 11) is 2.05. The fourth-order valence-corrected chi connectivity index (χ4v) is 3.39. The second-order valence-electron chi connectivity index (χ2n) is 5.27. The van der Waals surface area contributed by atoms with E-state index in [0.717, 1.165) is 27.2 Å². The van der Waals surface area contributed by atoms with Gasteiger partial charge >= 0.3 is 0 Å². The molecule has 1 heterocycles. The Morgan fingerprint density at radius 1 is 1.14 bits per heavy atom. The molecule has 3 rings (SSSR count). The van der Waals surface area contributed by atoms with Gasteiger partial charge in [0.25, 0.3) is 0 Å². The Kier molecular flexibility index (Phi) is 4.55. The highest BCUT2D eigenvalue weighted by molar-refractivity contribution is 7.98. The number of imidazole rings is 1. The highest BCUT2D eigenvalue weighted by atomic mass is 35.5. The van der Waals surface area contributed by atoms with Crippen LogP contribution in [0.1, 0.15) is 11.1 Å². The first-order valence-electron chi connectivity index (χ1n) is 7.09. The number of halogens is 1. The maximum absolute atomic E-state index is 5.95. The predicted molar refractivity (Wildman–Crippen MR) is 94.4 cm³/mol. The van der Waals surface area contributed by atoms with Crippen molar-refractivity contribution in [3.8, 4) is 11.3 Å². The molecule has 4 heteroatoms. The molecule has 0 bridgehead atoms. The summed E-state index contributed by atoms with van der Waals surface area (Å²) in [6.07, 6.45) is 1.92. The van der Waals surface area contributed by atoms with Crippen LogP contribution in [0.2, 0.25) is 5.02 Å². The van der Waals surface area contributed by atoms with Gasteiger partial charge in [-0.25, -0.2) is 4.98 Å². The lowest BCUT2D eigenvalue weighted by molar-refractivity contribution is 0.796. The Balaban J connectivity index is 1.77. The van der Waals surface area contributed by atoms with Crippen LogP contribution in [-0.2, 0) is 12.8 Å². The van der Waals surface area contributed by atoms with Gasteiger partial charge in [0.15, 0.2) is 5.16 Å². The molecule has 1 aromatic heterocycles. The minimum absolute atomic E-state index is 0.750. The van der Waals surface area contributed by atoms with Gasteiger partial charge in [-0.1, -0.05) is 65.3 Å². The first-order valence-corrected chi connectivity index (χ1v) is 8.46. The Bertz CT molecular complexity index is 778. The number of rotatable bonds is 4. The van der Waals surface area contributed by atoms with Gasteiger partial charge in [0, 0.05) is 17.8 Å². The Labute approximate surface area is 140 Å². The molecule has 112 valence electrons. The molecule has 0 N–H and O–H groups in total. The highest BCUT2D eigenvalue weighted by Gasteiger charge is 2.09. The van der Waals surface area contributed by atoms with Crippen LogP contribution in [0.5, 0.6) is 0 Å². The normalized spacial score (nSPS) is 10.9. The fraction of sp³-hybridized carbons (Fsp3) is 0.167. The number of aryl methyl sites for hydroxylation is 1. The molecule has 3 aromatic rings. The predicted octanol–water partition coefficient (Wildman–Crippen LogP) is 5.34. The number of benzene rings is 2. The molecule has 0 radical (unpaired) electrons. The van der Waals surface area contributed by atoms with Gasteiger partial charge in [-0.2, -0.15) is 0 Å². The van der Waals surface area contributed by atoms with Crippen LogP contribution in [0.15, 0.2) is 59.9 Å². The standard InChI is InChI=1S/C18H17ClN2S/c1-13-4-3-5-14(10-13)12-22-18-20-11-17(21(18)2)15-6-8-16(19)9-7-15/h3-11H,12H2,1-2H3. The van der Waals surface area contributed by atoms with Crippen molar-refractivity contribution in [2.75, 3.05) is 0 Å². The molecule has 22 heavy (non-hydrogen) atoms. The molecule has 0 saturated heterocycles. The summed E-state index contributed by atoms with van der Waals surface area (Å²) in [5.74, 6) is 0.923. The molecule has 0 amide bonds. The van der Waals surface area contributed by atoms with Crippen LogP contribution in [0.3, 0.4) is 0 Å². The van der Waals surface area contributed by atoms with E-state index in [1.54, 1.807) is 11.8 Å². The molecule has 0 atom stereocenters. The van der Waals surface area contributed by atoms with Gasteiger partial charge in [0.1, 0.15) is 0 Å². The summed E-state index contributed by atoms with van der Waals surface area (Å²) in [6.45, 7) is 2.12. The monoisotopic (exact) mass is 328 g/mol. The number of hydrogen-bond donors (Lipinski definition) is 0. The van der Waals surface area contributed by atoms with Gasteiger partial charge in [-0.15, -0.1) is 0 Å². The van der Waals surface area contributed by atoms with E-state index in [9.17, 15) is 0 Å². The molecule has 0 aliphatic heterocycles. The molecule has 0 aliphatic carbocycles. The van der Waals surface area contributed by atoms with Crippen molar-refractivity contribution in [1.29, 1.82) is 0 Å². The summed E-state index contributed by atoms with van der Waals surface area (Å²) in [5.41, 5.74) is 4.84. The van der Waals surface area contributed by atoms with Crippen molar-refractivity contribution >= 4 is 23.4 Å².